The molecule has 7 rings (SSSR count). The predicted octanol–water partition coefficient (Wildman–Crippen LogP) is 8.55. The molecule has 0 saturated heterocycles. The molecule has 172 valence electrons. The Morgan fingerprint density at radius 2 is 1.33 bits per heavy atom. The molecule has 0 bridgehead atoms. The van der Waals surface area contributed by atoms with Gasteiger partial charge in [0, 0.05) is 44.6 Å². The maximum absolute atomic E-state index is 6.48. The van der Waals surface area contributed by atoms with Gasteiger partial charge in [0.1, 0.15) is 11.5 Å². The Balaban J connectivity index is 1.30. The van der Waals surface area contributed by atoms with Gasteiger partial charge >= 0.3 is 0 Å². The van der Waals surface area contributed by atoms with Crippen LogP contribution in [0.15, 0.2) is 109 Å². The first-order valence-corrected chi connectivity index (χ1v) is 12.3. The van der Waals surface area contributed by atoms with E-state index in [1.807, 2.05) is 18.3 Å². The summed E-state index contributed by atoms with van der Waals surface area (Å²) in [6.07, 6.45) is 1.83. The van der Waals surface area contributed by atoms with E-state index in [2.05, 4.69) is 110 Å². The first-order chi connectivity index (χ1) is 17.6. The maximum atomic E-state index is 6.48. The molecule has 0 unspecified atom stereocenters. The van der Waals surface area contributed by atoms with Crippen molar-refractivity contribution in [3.05, 3.63) is 120 Å². The quantitative estimate of drug-likeness (QED) is 0.241. The lowest BCUT2D eigenvalue weighted by molar-refractivity contribution is 0.419. The number of fused-ring (bicyclic) bond motifs is 5. The van der Waals surface area contributed by atoms with Crippen molar-refractivity contribution in [2.45, 2.75) is 19.3 Å². The van der Waals surface area contributed by atoms with Crippen molar-refractivity contribution in [2.24, 2.45) is 0 Å². The number of benzene rings is 4. The molecule has 0 aliphatic carbocycles. The van der Waals surface area contributed by atoms with Crippen molar-refractivity contribution in [1.82, 2.24) is 9.97 Å². The van der Waals surface area contributed by atoms with Gasteiger partial charge in [-0.2, -0.15) is 0 Å². The Morgan fingerprint density at radius 3 is 2.19 bits per heavy atom. The summed E-state index contributed by atoms with van der Waals surface area (Å²) in [5.41, 5.74) is 8.39. The fourth-order valence-electron chi connectivity index (χ4n) is 5.40. The van der Waals surface area contributed by atoms with Crippen LogP contribution in [0.2, 0.25) is 0 Å². The highest BCUT2D eigenvalue weighted by Crippen LogP contribution is 2.51. The van der Waals surface area contributed by atoms with Crippen molar-refractivity contribution < 1.29 is 4.74 Å². The number of pyridine rings is 2. The van der Waals surface area contributed by atoms with Crippen LogP contribution in [-0.2, 0) is 5.41 Å². The van der Waals surface area contributed by atoms with Gasteiger partial charge in [0.25, 0.3) is 0 Å². The molecule has 0 amide bonds. The third-order valence-electron chi connectivity index (χ3n) is 7.38. The van der Waals surface area contributed by atoms with Gasteiger partial charge in [-0.15, -0.1) is 0 Å². The standard InChI is InChI=1S/C33H24N2O/c1-33(2)26-9-3-4-11-29(26)36-32-25(8-5-10-27(32)33)21-12-14-22(15-13-21)28-19-18-24-17-16-23-7-6-20-34-30(23)31(24)35-28/h3-20H,1-2H3. The lowest BCUT2D eigenvalue weighted by Gasteiger charge is -2.35. The minimum Gasteiger partial charge on any atom is -0.456 e. The largest absolute Gasteiger partial charge is 0.456 e. The number of para-hydroxylation sites is 2. The average Bonchev–Trinajstić information content (AvgIpc) is 2.93. The zero-order chi connectivity index (χ0) is 24.3. The topological polar surface area (TPSA) is 35.0 Å². The monoisotopic (exact) mass is 464 g/mol. The van der Waals surface area contributed by atoms with E-state index >= 15 is 0 Å². The van der Waals surface area contributed by atoms with Crippen LogP contribution in [0.25, 0.3) is 44.2 Å². The van der Waals surface area contributed by atoms with E-state index in [-0.39, 0.29) is 5.41 Å². The van der Waals surface area contributed by atoms with E-state index in [0.29, 0.717) is 0 Å². The van der Waals surface area contributed by atoms with E-state index in [4.69, 9.17) is 9.72 Å². The molecular weight excluding hydrogens is 440 g/mol. The highest BCUT2D eigenvalue weighted by Gasteiger charge is 2.35. The first-order valence-electron chi connectivity index (χ1n) is 12.3. The third kappa shape index (κ3) is 3.13. The Kier molecular flexibility index (Phi) is 4.49. The fraction of sp³-hybridized carbons (Fsp3) is 0.0909. The molecule has 0 spiro atoms. The molecule has 0 fully saturated rings. The Morgan fingerprint density at radius 1 is 0.611 bits per heavy atom. The first kappa shape index (κ1) is 20.8. The number of hydrogen-bond donors (Lipinski definition) is 0. The molecule has 2 aromatic heterocycles. The number of rotatable bonds is 2. The molecule has 36 heavy (non-hydrogen) atoms. The lowest BCUT2D eigenvalue weighted by Crippen LogP contribution is -2.24. The van der Waals surface area contributed by atoms with Gasteiger partial charge in [0.05, 0.1) is 16.7 Å². The SMILES string of the molecule is CC1(C)c2ccccc2Oc2c(-c3ccc(-c4ccc5ccc6cccnc6c5n4)cc3)cccc21. The molecule has 0 saturated carbocycles. The summed E-state index contributed by atoms with van der Waals surface area (Å²) in [6, 6.07) is 35.9. The van der Waals surface area contributed by atoms with Gasteiger partial charge in [0.2, 0.25) is 0 Å². The normalized spacial score (nSPS) is 13.7. The highest BCUT2D eigenvalue weighted by atomic mass is 16.5. The van der Waals surface area contributed by atoms with Gasteiger partial charge in [-0.3, -0.25) is 4.98 Å². The van der Waals surface area contributed by atoms with E-state index in [0.717, 1.165) is 55.7 Å². The Hall–Kier alpha value is -4.50. The Bertz CT molecular complexity index is 1780. The van der Waals surface area contributed by atoms with Gasteiger partial charge in [-0.05, 0) is 23.8 Å². The minimum absolute atomic E-state index is 0.133. The van der Waals surface area contributed by atoms with Crippen LogP contribution in [0.4, 0.5) is 0 Å². The number of hydrogen-bond acceptors (Lipinski definition) is 3. The molecule has 3 heterocycles. The second-order valence-electron chi connectivity index (χ2n) is 9.89. The van der Waals surface area contributed by atoms with Crippen molar-refractivity contribution in [3.63, 3.8) is 0 Å². The molecule has 0 N–H and O–H groups in total. The molecule has 6 aromatic rings. The van der Waals surface area contributed by atoms with Crippen LogP contribution < -0.4 is 4.74 Å². The Labute approximate surface area is 210 Å². The van der Waals surface area contributed by atoms with Crippen LogP contribution in [0.1, 0.15) is 25.0 Å². The molecular formula is C33H24N2O. The summed E-state index contributed by atoms with van der Waals surface area (Å²) in [7, 11) is 0. The van der Waals surface area contributed by atoms with Gasteiger partial charge in [-0.25, -0.2) is 4.98 Å². The third-order valence-corrected chi connectivity index (χ3v) is 7.38. The summed E-state index contributed by atoms with van der Waals surface area (Å²) in [4.78, 5) is 9.59. The molecule has 0 radical (unpaired) electrons. The molecule has 1 aliphatic heterocycles. The van der Waals surface area contributed by atoms with Gasteiger partial charge in [0.15, 0.2) is 0 Å². The lowest BCUT2D eigenvalue weighted by atomic mass is 9.75. The number of aromatic nitrogens is 2. The second-order valence-corrected chi connectivity index (χ2v) is 9.89. The molecule has 4 aromatic carbocycles. The van der Waals surface area contributed by atoms with Crippen molar-refractivity contribution >= 4 is 21.8 Å². The number of nitrogens with zero attached hydrogens (tertiary/aromatic N) is 2. The van der Waals surface area contributed by atoms with E-state index < -0.39 is 0 Å². The summed E-state index contributed by atoms with van der Waals surface area (Å²) in [6.45, 7) is 4.54. The van der Waals surface area contributed by atoms with Gasteiger partial charge in [-0.1, -0.05) is 98.8 Å². The van der Waals surface area contributed by atoms with Gasteiger partial charge < -0.3 is 4.74 Å². The predicted molar refractivity (Wildman–Crippen MR) is 147 cm³/mol. The second kappa shape index (κ2) is 7.76. The van der Waals surface area contributed by atoms with Crippen LogP contribution in [0, 0.1) is 0 Å². The van der Waals surface area contributed by atoms with E-state index in [1.54, 1.807) is 0 Å². The zero-order valence-electron chi connectivity index (χ0n) is 20.2. The summed E-state index contributed by atoms with van der Waals surface area (Å²) >= 11 is 0. The number of ether oxygens (including phenoxy) is 1. The van der Waals surface area contributed by atoms with Crippen LogP contribution in [0.3, 0.4) is 0 Å². The van der Waals surface area contributed by atoms with Crippen LogP contribution in [0.5, 0.6) is 11.5 Å². The van der Waals surface area contributed by atoms with Crippen molar-refractivity contribution in [2.75, 3.05) is 0 Å². The zero-order valence-corrected chi connectivity index (χ0v) is 20.2. The fourth-order valence-corrected chi connectivity index (χ4v) is 5.40. The smallest absolute Gasteiger partial charge is 0.139 e. The summed E-state index contributed by atoms with van der Waals surface area (Å²) in [5.74, 6) is 1.87. The highest BCUT2D eigenvalue weighted by molar-refractivity contribution is 6.03. The molecule has 3 nitrogen and oxygen atoms in total. The molecule has 1 aliphatic rings. The van der Waals surface area contributed by atoms with E-state index in [1.165, 1.54) is 11.1 Å². The van der Waals surface area contributed by atoms with E-state index in [9.17, 15) is 0 Å². The van der Waals surface area contributed by atoms with Crippen LogP contribution >= 0.6 is 0 Å². The summed E-state index contributed by atoms with van der Waals surface area (Å²) < 4.78 is 6.48. The molecule has 3 heteroatoms. The molecule has 0 atom stereocenters. The maximum Gasteiger partial charge on any atom is 0.139 e. The van der Waals surface area contributed by atoms with Crippen molar-refractivity contribution in [3.8, 4) is 33.9 Å². The van der Waals surface area contributed by atoms with Crippen LogP contribution in [-0.4, -0.2) is 9.97 Å². The summed E-state index contributed by atoms with van der Waals surface area (Å²) in [5, 5.41) is 2.20. The minimum atomic E-state index is -0.133. The average molecular weight is 465 g/mol. The van der Waals surface area contributed by atoms with Crippen molar-refractivity contribution in [1.29, 1.82) is 0 Å².